The molecule has 0 aromatic heterocycles. The minimum atomic E-state index is -1.20. The summed E-state index contributed by atoms with van der Waals surface area (Å²) >= 11 is 0. The predicted octanol–water partition coefficient (Wildman–Crippen LogP) is -5.80. The second-order valence-corrected chi connectivity index (χ2v) is 32.2. The summed E-state index contributed by atoms with van der Waals surface area (Å²) in [4.78, 5) is 60.5. The summed E-state index contributed by atoms with van der Waals surface area (Å²) < 4.78 is 8.29. The molecule has 0 amide bonds. The molecule has 0 aliphatic heterocycles. The van der Waals surface area contributed by atoms with Gasteiger partial charge >= 0.3 is 81.4 Å². The maximum atomic E-state index is 10.9. The molecule has 3 atom stereocenters. The van der Waals surface area contributed by atoms with Gasteiger partial charge in [-0.2, -0.15) is 39.3 Å². The number of hydrogen-bond donors (Lipinski definition) is 4. The Kier molecular flexibility index (Phi) is 114. The van der Waals surface area contributed by atoms with Crippen molar-refractivity contribution in [1.29, 1.82) is 0 Å². The number of ether oxygens (including phenoxy) is 1. The molecule has 0 aromatic rings. The van der Waals surface area contributed by atoms with Gasteiger partial charge in [-0.15, -0.1) is 18.1 Å². The number of ketones is 4. The van der Waals surface area contributed by atoms with E-state index in [0.717, 1.165) is 6.08 Å². The maximum absolute atomic E-state index is 10.9. The van der Waals surface area contributed by atoms with Crippen molar-refractivity contribution in [2.45, 2.75) is 179 Å². The summed E-state index contributed by atoms with van der Waals surface area (Å²) in [7, 11) is -1.72. The van der Waals surface area contributed by atoms with Gasteiger partial charge in [0.2, 0.25) is 19.6 Å². The van der Waals surface area contributed by atoms with Crippen LogP contribution in [0.1, 0.15) is 82.1 Å². The molecule has 0 heterocycles. The van der Waals surface area contributed by atoms with Crippen molar-refractivity contribution in [3.8, 4) is 0 Å². The predicted molar refractivity (Wildman–Crippen MR) is 266 cm³/mol. The molecule has 0 aromatic carbocycles. The first-order valence-corrected chi connectivity index (χ1v) is 32.1. The summed E-state index contributed by atoms with van der Waals surface area (Å²) in [6, 6.07) is 0. The van der Waals surface area contributed by atoms with Crippen molar-refractivity contribution in [3.63, 3.8) is 0 Å². The topological polar surface area (TPSA) is 264 Å². The summed E-state index contributed by atoms with van der Waals surface area (Å²) in [6.07, 6.45) is -2.71. The van der Waals surface area contributed by atoms with E-state index in [1.807, 2.05) is 0 Å². The van der Waals surface area contributed by atoms with Gasteiger partial charge in [-0.05, 0) is 53.2 Å². The fourth-order valence-electron chi connectivity index (χ4n) is 3.17. The molecule has 374 valence electrons. The number of carbonyl (C=O) groups is 5. The van der Waals surface area contributed by atoms with E-state index in [-0.39, 0.29) is 188 Å². The van der Waals surface area contributed by atoms with Gasteiger partial charge in [0.15, 0.2) is 5.78 Å². The Morgan fingerprint density at radius 1 is 0.701 bits per heavy atom. The molecule has 0 spiro atoms. The molecule has 16 nitrogen and oxygen atoms in total. The molecule has 0 aliphatic rings. The monoisotopic (exact) mass is 993 g/mol. The van der Waals surface area contributed by atoms with E-state index in [9.17, 15) is 39.3 Å². The van der Waals surface area contributed by atoms with Crippen molar-refractivity contribution in [1.82, 2.24) is 10.8 Å². The molecule has 6 N–H and O–H groups in total. The molecular formula is C43H90Li4N5O11Si4-. The number of rotatable bonds is 15. The van der Waals surface area contributed by atoms with Gasteiger partial charge in [-0.1, -0.05) is 61.1 Å². The average Bonchev–Trinajstić information content (AvgIpc) is 2.94. The number of nitrogens with zero attached hydrogens (tertiary/aromatic N) is 3. The molecule has 0 rings (SSSR count). The van der Waals surface area contributed by atoms with Gasteiger partial charge in [0.25, 0.3) is 0 Å². The van der Waals surface area contributed by atoms with E-state index >= 15 is 0 Å². The van der Waals surface area contributed by atoms with Gasteiger partial charge in [0.1, 0.15) is 46.0 Å². The third-order valence-electron chi connectivity index (χ3n) is 4.06. The fraction of sp³-hybridized carbons (Fsp3) is 0.721. The number of aliphatic hydroxyl groups excluding tert-OH is 2. The Morgan fingerprint density at radius 3 is 1.19 bits per heavy atom. The van der Waals surface area contributed by atoms with Crippen molar-refractivity contribution >= 4 is 63.2 Å². The number of nitrogens with one attached hydrogen (secondary N) is 1. The van der Waals surface area contributed by atoms with Crippen LogP contribution in [0.15, 0.2) is 24.2 Å². The summed E-state index contributed by atoms with van der Waals surface area (Å²) in [5.41, 5.74) is 0. The molecule has 0 bridgehead atoms. The van der Waals surface area contributed by atoms with Crippen molar-refractivity contribution in [2.24, 2.45) is 0 Å². The molecule has 0 aliphatic carbocycles. The maximum Gasteiger partial charge on any atom is 1.00 e. The van der Waals surface area contributed by atoms with Gasteiger partial charge in [-0.25, -0.2) is 19.7 Å². The van der Waals surface area contributed by atoms with Crippen molar-refractivity contribution in [3.05, 3.63) is 58.4 Å². The third kappa shape index (κ3) is 189. The van der Waals surface area contributed by atoms with Gasteiger partial charge in [-0.3, -0.25) is 36.8 Å². The van der Waals surface area contributed by atoms with Crippen LogP contribution in [-0.2, 0) is 28.7 Å². The van der Waals surface area contributed by atoms with Gasteiger partial charge in [0.05, 0.1) is 19.4 Å². The molecule has 0 unspecified atom stereocenters. The normalized spacial score (nSPS) is 10.2. The van der Waals surface area contributed by atoms with Crippen LogP contribution in [0, 0.1) is 19.7 Å². The summed E-state index contributed by atoms with van der Waals surface area (Å²) in [5, 5.41) is 48.8. The molecule has 0 saturated heterocycles. The molecule has 0 radical (unpaired) electrons. The van der Waals surface area contributed by atoms with E-state index in [4.69, 9.17) is 29.9 Å². The van der Waals surface area contributed by atoms with Gasteiger partial charge < -0.3 is 60.4 Å². The Labute approximate surface area is 463 Å². The number of carbonyl (C=O) groups excluding carboxylic acids is 5. The second kappa shape index (κ2) is 71.3. The Balaban J connectivity index is -0.0000000363. The van der Waals surface area contributed by atoms with Crippen LogP contribution in [0.3, 0.4) is 0 Å². The number of hydrogen-bond acceptors (Lipinski definition) is 13. The standard InChI is InChI=1S/C8H11NO3.C8H10NO3.C7H11NO3.C6H19NSi2.2C3H6O.2C3H9Si.2CH4.4Li.H3N/c2*1-6(10)3-7(11)4-8(12)5-9-2;1-3-11-7(10)4-6(9)5-8-2;1-8(2,3)7-9(4,5)6;2*1-3(2)4;2*1-4(2)3;;;;;;;/h8,12H,3-5H2,1H3;3,8,11H,4-5H2,1H3;6,9H,3-5H2,1H3;7H,1-6H3;1-2H3;4H,1H2,2H3;2*1-3H3;2*1H4;;;;;1H3/q;-1;;;;;2*-1;;;4*+1;/p-2/b;7-3-;;;;;;;;;;;;;/t2*8-;6-;;;;;;;;;;;;/m000............/s1. The van der Waals surface area contributed by atoms with Crippen LogP contribution in [0.4, 0.5) is 0 Å². The summed E-state index contributed by atoms with van der Waals surface area (Å²) in [6.45, 7) is 58.6. The smallest absolute Gasteiger partial charge is 0.876 e. The first-order chi connectivity index (χ1) is 27.0. The fourth-order valence-corrected chi connectivity index (χ4v) is 12.2. The Morgan fingerprint density at radius 2 is 0.985 bits per heavy atom. The zero-order valence-electron chi connectivity index (χ0n) is 44.8. The van der Waals surface area contributed by atoms with Gasteiger partial charge in [0, 0.05) is 6.42 Å². The molecular weight excluding hydrogens is 903 g/mol. The first kappa shape index (κ1) is 107. The Hall–Kier alpha value is -1.24. The second-order valence-electron chi connectivity index (χ2n) is 16.2. The van der Waals surface area contributed by atoms with Crippen molar-refractivity contribution < 1.29 is 130 Å². The van der Waals surface area contributed by atoms with Crippen LogP contribution in [0.2, 0.25) is 78.6 Å². The average molecular weight is 993 g/mol. The third-order valence-corrected chi connectivity index (χ3v) is 10.1. The minimum Gasteiger partial charge on any atom is -0.876 e. The number of allylic oxidation sites excluding steroid dienone is 2. The van der Waals surface area contributed by atoms with E-state index in [1.165, 1.54) is 34.6 Å². The van der Waals surface area contributed by atoms with E-state index in [2.05, 4.69) is 109 Å². The molecule has 24 heteroatoms. The molecule has 67 heavy (non-hydrogen) atoms. The van der Waals surface area contributed by atoms with Crippen LogP contribution in [0.5, 0.6) is 0 Å². The van der Waals surface area contributed by atoms with E-state index < -0.39 is 46.5 Å². The minimum absolute atomic E-state index is 0. The Bertz CT molecular complexity index is 1290. The molecule has 0 fully saturated rings. The van der Waals surface area contributed by atoms with E-state index in [0.29, 0.717) is 6.61 Å². The van der Waals surface area contributed by atoms with Crippen molar-refractivity contribution in [2.75, 3.05) is 26.2 Å². The van der Waals surface area contributed by atoms with Crippen LogP contribution in [0.25, 0.3) is 14.5 Å². The quantitative estimate of drug-likeness (QED) is 0.0298. The van der Waals surface area contributed by atoms with Crippen LogP contribution >= 0.6 is 0 Å². The van der Waals surface area contributed by atoms with E-state index in [1.54, 1.807) is 6.92 Å². The van der Waals surface area contributed by atoms with Crippen LogP contribution < -0.4 is 102 Å². The zero-order valence-corrected chi connectivity index (χ0v) is 48.8. The SMILES string of the molecule is C.C.C=C(C)[O-].CC(C)=O.C[Si-](C)C.C[Si-](C)C.C[Si](C)(C)N[Si](C)(C)C.N.[C-]#[N+]C[C@@H](O)CC(=O)CC(C)=O.[C-]#[N+]C[C@@H](O)CC(=O)OCC.[C-]#[N+]C[C@@H]([O-])C/C([O-])=C/C(C)=O.[Li+].[Li+].[Li+].[Li+]. The zero-order chi connectivity index (χ0) is 49.8. The number of aliphatic hydroxyl groups is 2. The number of Topliss-reactive ketones (excluding diaryl/α,β-unsaturated/α-hetero) is 3. The van der Waals surface area contributed by atoms with Crippen LogP contribution in [-0.4, -0.2) is 118 Å². The summed E-state index contributed by atoms with van der Waals surface area (Å²) in [5.74, 6) is -1.75. The first-order valence-electron chi connectivity index (χ1n) is 19.1. The molecule has 0 saturated carbocycles. The largest absolute Gasteiger partial charge is 1.00 e. The number of esters is 1.